The molecule has 1 aromatic carbocycles. The van der Waals surface area contributed by atoms with Gasteiger partial charge in [0, 0.05) is 24.9 Å². The second-order valence-electron chi connectivity index (χ2n) is 4.58. The molecule has 1 fully saturated rings. The van der Waals surface area contributed by atoms with Crippen LogP contribution in [0.5, 0.6) is 5.75 Å². The number of hydrogen-bond donors (Lipinski definition) is 1. The summed E-state index contributed by atoms with van der Waals surface area (Å²) in [6, 6.07) is 7.46. The number of carboxylic acids is 1. The molecule has 0 saturated carbocycles. The van der Waals surface area contributed by atoms with E-state index in [4.69, 9.17) is 14.6 Å². The van der Waals surface area contributed by atoms with Gasteiger partial charge in [-0.2, -0.15) is 0 Å². The molecule has 0 unspecified atom stereocenters. The van der Waals surface area contributed by atoms with Crippen molar-refractivity contribution in [3.8, 4) is 5.75 Å². The lowest BCUT2D eigenvalue weighted by atomic mass is 10.0. The second-order valence-corrected chi connectivity index (χ2v) is 4.58. The zero-order chi connectivity index (χ0) is 13.5. The molecule has 0 radical (unpaired) electrons. The first-order valence-corrected chi connectivity index (χ1v) is 6.46. The van der Waals surface area contributed by atoms with Crippen molar-refractivity contribution in [3.63, 3.8) is 0 Å². The summed E-state index contributed by atoms with van der Waals surface area (Å²) in [5.74, 6) is 0.288. The quantitative estimate of drug-likeness (QED) is 0.829. The van der Waals surface area contributed by atoms with Crippen molar-refractivity contribution in [2.45, 2.75) is 12.8 Å². The van der Waals surface area contributed by atoms with E-state index in [1.54, 1.807) is 6.08 Å². The zero-order valence-electron chi connectivity index (χ0n) is 10.7. The smallest absolute Gasteiger partial charge is 0.328 e. The van der Waals surface area contributed by atoms with E-state index in [1.807, 2.05) is 24.3 Å². The highest BCUT2D eigenvalue weighted by Crippen LogP contribution is 2.22. The Morgan fingerprint density at radius 1 is 1.37 bits per heavy atom. The van der Waals surface area contributed by atoms with Gasteiger partial charge in [-0.1, -0.05) is 18.2 Å². The molecule has 1 aliphatic heterocycles. The molecule has 1 heterocycles. The highest BCUT2D eigenvalue weighted by atomic mass is 16.5. The maximum atomic E-state index is 10.5. The molecular formula is C15H18O4. The van der Waals surface area contributed by atoms with E-state index in [1.165, 1.54) is 0 Å². The largest absolute Gasteiger partial charge is 0.493 e. The molecule has 0 amide bonds. The van der Waals surface area contributed by atoms with Crippen molar-refractivity contribution < 1.29 is 19.4 Å². The van der Waals surface area contributed by atoms with Gasteiger partial charge in [-0.3, -0.25) is 0 Å². The molecule has 0 aromatic heterocycles. The van der Waals surface area contributed by atoms with Gasteiger partial charge in [0.15, 0.2) is 0 Å². The minimum Gasteiger partial charge on any atom is -0.493 e. The molecule has 102 valence electrons. The van der Waals surface area contributed by atoms with Crippen molar-refractivity contribution in [1.29, 1.82) is 0 Å². The third-order valence-corrected chi connectivity index (χ3v) is 3.14. The Morgan fingerprint density at radius 3 is 2.84 bits per heavy atom. The summed E-state index contributed by atoms with van der Waals surface area (Å²) in [5.41, 5.74) is 0.789. The summed E-state index contributed by atoms with van der Waals surface area (Å²) in [5, 5.41) is 8.66. The van der Waals surface area contributed by atoms with Crippen LogP contribution in [-0.2, 0) is 9.53 Å². The maximum absolute atomic E-state index is 10.5. The van der Waals surface area contributed by atoms with Crippen LogP contribution in [0, 0.1) is 5.92 Å². The standard InChI is InChI=1S/C15H18O4/c16-15(17)6-5-13-3-1-2-4-14(13)19-11-12-7-9-18-10-8-12/h1-6,12H,7-11H2,(H,16,17). The minimum atomic E-state index is -0.959. The highest BCUT2D eigenvalue weighted by Gasteiger charge is 2.14. The van der Waals surface area contributed by atoms with Gasteiger partial charge in [-0.05, 0) is 30.9 Å². The van der Waals surface area contributed by atoms with Crippen LogP contribution in [0.3, 0.4) is 0 Å². The summed E-state index contributed by atoms with van der Waals surface area (Å²) in [4.78, 5) is 10.5. The van der Waals surface area contributed by atoms with Crippen LogP contribution < -0.4 is 4.74 Å². The van der Waals surface area contributed by atoms with Crippen LogP contribution in [-0.4, -0.2) is 30.9 Å². The molecule has 4 heteroatoms. The maximum Gasteiger partial charge on any atom is 0.328 e. The molecule has 0 atom stereocenters. The monoisotopic (exact) mass is 262 g/mol. The van der Waals surface area contributed by atoms with E-state index in [0.717, 1.165) is 43.4 Å². The average Bonchev–Trinajstić information content (AvgIpc) is 2.45. The van der Waals surface area contributed by atoms with Gasteiger partial charge in [0.1, 0.15) is 5.75 Å². The van der Waals surface area contributed by atoms with Gasteiger partial charge in [0.25, 0.3) is 0 Å². The molecule has 1 N–H and O–H groups in total. The number of hydrogen-bond acceptors (Lipinski definition) is 3. The van der Waals surface area contributed by atoms with Gasteiger partial charge < -0.3 is 14.6 Å². The lowest BCUT2D eigenvalue weighted by Gasteiger charge is -2.22. The Kier molecular flexibility index (Phi) is 4.98. The van der Waals surface area contributed by atoms with Crippen molar-refractivity contribution in [3.05, 3.63) is 35.9 Å². The summed E-state index contributed by atoms with van der Waals surface area (Å²) < 4.78 is 11.1. The van der Waals surface area contributed by atoms with Gasteiger partial charge >= 0.3 is 5.97 Å². The van der Waals surface area contributed by atoms with E-state index < -0.39 is 5.97 Å². The summed E-state index contributed by atoms with van der Waals surface area (Å²) in [6.07, 6.45) is 4.72. The van der Waals surface area contributed by atoms with Crippen LogP contribution in [0.4, 0.5) is 0 Å². The Balaban J connectivity index is 1.96. The van der Waals surface area contributed by atoms with E-state index in [0.29, 0.717) is 12.5 Å². The van der Waals surface area contributed by atoms with Gasteiger partial charge in [0.2, 0.25) is 0 Å². The first-order valence-electron chi connectivity index (χ1n) is 6.46. The van der Waals surface area contributed by atoms with Crippen molar-refractivity contribution in [2.75, 3.05) is 19.8 Å². The van der Waals surface area contributed by atoms with Crippen LogP contribution in [0.15, 0.2) is 30.3 Å². The number of para-hydroxylation sites is 1. The Hall–Kier alpha value is -1.81. The molecule has 0 spiro atoms. The molecule has 1 aliphatic rings. The Labute approximate surface area is 112 Å². The normalized spacial score (nSPS) is 16.6. The lowest BCUT2D eigenvalue weighted by Crippen LogP contribution is -2.21. The van der Waals surface area contributed by atoms with Gasteiger partial charge in [0.05, 0.1) is 6.61 Å². The summed E-state index contributed by atoms with van der Waals surface area (Å²) in [6.45, 7) is 2.25. The molecule has 2 rings (SSSR count). The predicted molar refractivity (Wildman–Crippen MR) is 72.1 cm³/mol. The number of aliphatic carboxylic acids is 1. The minimum absolute atomic E-state index is 0.519. The van der Waals surface area contributed by atoms with Crippen LogP contribution in [0.2, 0.25) is 0 Å². The fourth-order valence-corrected chi connectivity index (χ4v) is 2.03. The van der Waals surface area contributed by atoms with Crippen molar-refractivity contribution in [2.24, 2.45) is 5.92 Å². The first kappa shape index (κ1) is 13.6. The second kappa shape index (κ2) is 6.95. The third kappa shape index (κ3) is 4.41. The lowest BCUT2D eigenvalue weighted by molar-refractivity contribution is -0.131. The molecule has 4 nitrogen and oxygen atoms in total. The molecule has 1 aromatic rings. The van der Waals surface area contributed by atoms with Crippen molar-refractivity contribution in [1.82, 2.24) is 0 Å². The molecular weight excluding hydrogens is 244 g/mol. The number of carbonyl (C=O) groups is 1. The number of benzene rings is 1. The van der Waals surface area contributed by atoms with Crippen LogP contribution in [0.1, 0.15) is 18.4 Å². The van der Waals surface area contributed by atoms with E-state index in [-0.39, 0.29) is 0 Å². The SMILES string of the molecule is O=C(O)C=Cc1ccccc1OCC1CCOCC1. The van der Waals surface area contributed by atoms with Gasteiger partial charge in [-0.25, -0.2) is 4.79 Å². The highest BCUT2D eigenvalue weighted by molar-refractivity contribution is 5.85. The molecule has 0 bridgehead atoms. The summed E-state index contributed by atoms with van der Waals surface area (Å²) >= 11 is 0. The van der Waals surface area contributed by atoms with Crippen LogP contribution >= 0.6 is 0 Å². The third-order valence-electron chi connectivity index (χ3n) is 3.14. The fourth-order valence-electron chi connectivity index (χ4n) is 2.03. The van der Waals surface area contributed by atoms with Crippen molar-refractivity contribution >= 4 is 12.0 Å². The Bertz CT molecular complexity index is 447. The van der Waals surface area contributed by atoms with E-state index >= 15 is 0 Å². The Morgan fingerprint density at radius 2 is 2.11 bits per heavy atom. The average molecular weight is 262 g/mol. The zero-order valence-corrected chi connectivity index (χ0v) is 10.7. The first-order chi connectivity index (χ1) is 9.25. The molecule has 1 saturated heterocycles. The van der Waals surface area contributed by atoms with Crippen LogP contribution in [0.25, 0.3) is 6.08 Å². The summed E-state index contributed by atoms with van der Waals surface area (Å²) in [7, 11) is 0. The van der Waals surface area contributed by atoms with E-state index in [9.17, 15) is 4.79 Å². The van der Waals surface area contributed by atoms with E-state index in [2.05, 4.69) is 0 Å². The molecule has 0 aliphatic carbocycles. The number of rotatable bonds is 5. The fraction of sp³-hybridized carbons (Fsp3) is 0.400. The van der Waals surface area contributed by atoms with Gasteiger partial charge in [-0.15, -0.1) is 0 Å². The number of ether oxygens (including phenoxy) is 2. The number of carboxylic acid groups (broad SMARTS) is 1. The molecule has 19 heavy (non-hydrogen) atoms. The topological polar surface area (TPSA) is 55.8 Å². The predicted octanol–water partition coefficient (Wildman–Crippen LogP) is 2.59.